The Morgan fingerprint density at radius 2 is 2.03 bits per heavy atom. The maximum absolute atomic E-state index is 14.8. The van der Waals surface area contributed by atoms with Crippen molar-refractivity contribution in [2.75, 3.05) is 13.2 Å². The quantitative estimate of drug-likeness (QED) is 0.399. The summed E-state index contributed by atoms with van der Waals surface area (Å²) in [6.45, 7) is -0.364. The van der Waals surface area contributed by atoms with Gasteiger partial charge in [-0.05, 0) is 36.8 Å². The number of ether oxygens (including phenoxy) is 1. The molecule has 0 bridgehead atoms. The van der Waals surface area contributed by atoms with E-state index >= 15 is 0 Å². The summed E-state index contributed by atoms with van der Waals surface area (Å²) in [5, 5.41) is 9.50. The fourth-order valence-corrected chi connectivity index (χ4v) is 4.09. The average molecular weight is 507 g/mol. The van der Waals surface area contributed by atoms with Crippen LogP contribution in [0, 0.1) is 5.82 Å². The number of amidine groups is 1. The number of nitrogens with two attached hydrogens (primary N) is 1. The van der Waals surface area contributed by atoms with Gasteiger partial charge in [0.25, 0.3) is 12.4 Å². The summed E-state index contributed by atoms with van der Waals surface area (Å²) in [5.74, 6) is -4.87. The highest BCUT2D eigenvalue weighted by molar-refractivity contribution is 7.13. The normalized spacial score (nSPS) is 19.0. The number of pyridine rings is 1. The van der Waals surface area contributed by atoms with E-state index in [9.17, 15) is 18.0 Å². The molecule has 2 aromatic heterocycles. The fourth-order valence-electron chi connectivity index (χ4n) is 3.47. The third-order valence-electron chi connectivity index (χ3n) is 5.26. The van der Waals surface area contributed by atoms with Crippen LogP contribution >= 0.6 is 11.3 Å². The molecule has 0 saturated heterocycles. The molecular weight excluding hydrogens is 485 g/mol. The van der Waals surface area contributed by atoms with Gasteiger partial charge in [-0.2, -0.15) is 0 Å². The van der Waals surface area contributed by atoms with Crippen LogP contribution in [0.3, 0.4) is 0 Å². The predicted molar refractivity (Wildman–Crippen MR) is 123 cm³/mol. The second kappa shape index (κ2) is 10.7. The number of benzene rings is 1. The van der Waals surface area contributed by atoms with Crippen molar-refractivity contribution < 1.29 is 32.6 Å². The smallest absolute Gasteiger partial charge is 0.299 e. The number of thiazole rings is 1. The van der Waals surface area contributed by atoms with Crippen LogP contribution in [0.5, 0.6) is 0 Å². The SMILES string of the molecule is C[C@]1(c2cc(CC(=O)c3ccc(-c4nccs4)cn3)ccc2F)N=C(N)COCC1(F)F.O=CO. The minimum absolute atomic E-state index is 0.145. The van der Waals surface area contributed by atoms with Crippen LogP contribution in [0.4, 0.5) is 13.2 Å². The number of hydrogen-bond acceptors (Lipinski definition) is 8. The van der Waals surface area contributed by atoms with Crippen molar-refractivity contribution >= 4 is 29.4 Å². The van der Waals surface area contributed by atoms with Crippen LogP contribution in [0.25, 0.3) is 10.6 Å². The lowest BCUT2D eigenvalue weighted by atomic mass is 9.84. The van der Waals surface area contributed by atoms with Crippen LogP contribution in [0.15, 0.2) is 53.1 Å². The lowest BCUT2D eigenvalue weighted by molar-refractivity contribution is -0.122. The Hall–Kier alpha value is -3.64. The first-order chi connectivity index (χ1) is 16.6. The number of carboxylic acid groups (broad SMARTS) is 1. The van der Waals surface area contributed by atoms with Gasteiger partial charge in [-0.3, -0.25) is 19.6 Å². The number of aliphatic imine (C=N–C) groups is 1. The lowest BCUT2D eigenvalue weighted by Crippen LogP contribution is -2.45. The van der Waals surface area contributed by atoms with E-state index in [0.29, 0.717) is 5.56 Å². The van der Waals surface area contributed by atoms with E-state index in [1.165, 1.54) is 23.5 Å². The molecule has 3 heterocycles. The molecule has 35 heavy (non-hydrogen) atoms. The Balaban J connectivity index is 0.00000108. The second-order valence-electron chi connectivity index (χ2n) is 7.66. The Bertz CT molecular complexity index is 1220. The summed E-state index contributed by atoms with van der Waals surface area (Å²) in [7, 11) is 0. The van der Waals surface area contributed by atoms with Gasteiger partial charge in [-0.15, -0.1) is 11.3 Å². The number of aromatic nitrogens is 2. The van der Waals surface area contributed by atoms with Gasteiger partial charge in [0.15, 0.2) is 11.3 Å². The summed E-state index contributed by atoms with van der Waals surface area (Å²) in [5.41, 5.74) is 4.38. The van der Waals surface area contributed by atoms with E-state index in [1.807, 2.05) is 5.38 Å². The van der Waals surface area contributed by atoms with Crippen molar-refractivity contribution in [1.82, 2.24) is 9.97 Å². The van der Waals surface area contributed by atoms with Crippen molar-refractivity contribution in [3.63, 3.8) is 0 Å². The number of alkyl halides is 2. The maximum Gasteiger partial charge on any atom is 0.299 e. The number of carbonyl (C=O) groups is 2. The molecule has 8 nitrogen and oxygen atoms in total. The van der Waals surface area contributed by atoms with E-state index in [4.69, 9.17) is 20.4 Å². The highest BCUT2D eigenvalue weighted by Crippen LogP contribution is 2.43. The van der Waals surface area contributed by atoms with Crippen LogP contribution in [0.2, 0.25) is 0 Å². The number of nitrogens with zero attached hydrogens (tertiary/aromatic N) is 3. The molecule has 0 radical (unpaired) electrons. The number of Topliss-reactive ketones (excluding diaryl/α,β-unsaturated/α-hetero) is 1. The van der Waals surface area contributed by atoms with E-state index in [0.717, 1.165) is 23.6 Å². The molecule has 1 aliphatic heterocycles. The molecular formula is C23H21F3N4O4S. The summed E-state index contributed by atoms with van der Waals surface area (Å²) < 4.78 is 49.2. The van der Waals surface area contributed by atoms with Gasteiger partial charge in [0, 0.05) is 35.3 Å². The zero-order valence-corrected chi connectivity index (χ0v) is 19.3. The van der Waals surface area contributed by atoms with Crippen molar-refractivity contribution in [1.29, 1.82) is 0 Å². The van der Waals surface area contributed by atoms with Crippen LogP contribution in [-0.4, -0.2) is 52.3 Å². The highest BCUT2D eigenvalue weighted by Gasteiger charge is 2.54. The molecule has 1 aromatic carbocycles. The fraction of sp³-hybridized carbons (Fsp3) is 0.261. The monoisotopic (exact) mass is 506 g/mol. The average Bonchev–Trinajstić information content (AvgIpc) is 3.32. The van der Waals surface area contributed by atoms with Crippen LogP contribution < -0.4 is 5.73 Å². The van der Waals surface area contributed by atoms with Crippen molar-refractivity contribution in [2.24, 2.45) is 10.7 Å². The third-order valence-corrected chi connectivity index (χ3v) is 6.08. The molecule has 0 fully saturated rings. The second-order valence-corrected chi connectivity index (χ2v) is 8.56. The molecule has 4 rings (SSSR count). The van der Waals surface area contributed by atoms with Crippen molar-refractivity contribution in [3.8, 4) is 10.6 Å². The predicted octanol–water partition coefficient (Wildman–Crippen LogP) is 3.71. The molecule has 3 N–H and O–H groups in total. The Kier molecular flexibility index (Phi) is 7.97. The molecule has 0 aliphatic carbocycles. The third kappa shape index (κ3) is 5.72. The molecule has 0 unspecified atom stereocenters. The standard InChI is InChI=1S/C22H19F3N4O2S.CH2O2/c1-21(22(24,25)12-31-11-19(26)29-21)15-8-13(2-4-16(15)23)9-18(30)17-5-3-14(10-28-17)20-27-6-7-32-20;2-1-3/h2-8,10H,9,11-12H2,1H3,(H2,26,29);1H,(H,2,3)/t21-;/m1./s1. The van der Waals surface area contributed by atoms with Crippen molar-refractivity contribution in [2.45, 2.75) is 24.8 Å². The van der Waals surface area contributed by atoms with Crippen LogP contribution in [0.1, 0.15) is 28.5 Å². The number of hydrogen-bond donors (Lipinski definition) is 2. The molecule has 1 atom stereocenters. The molecule has 12 heteroatoms. The molecule has 0 amide bonds. The first-order valence-electron chi connectivity index (χ1n) is 10.2. The number of halogens is 3. The van der Waals surface area contributed by atoms with Gasteiger partial charge >= 0.3 is 0 Å². The van der Waals surface area contributed by atoms with E-state index in [1.54, 1.807) is 24.5 Å². The molecule has 0 saturated carbocycles. The number of rotatable bonds is 5. The Labute approximate surface area is 202 Å². The minimum Gasteiger partial charge on any atom is -0.483 e. The number of carbonyl (C=O) groups excluding carboxylic acids is 1. The maximum atomic E-state index is 14.8. The molecule has 1 aliphatic rings. The van der Waals surface area contributed by atoms with Gasteiger partial charge in [0.05, 0.1) is 0 Å². The van der Waals surface area contributed by atoms with E-state index in [2.05, 4.69) is 15.0 Å². The van der Waals surface area contributed by atoms with E-state index < -0.39 is 23.9 Å². The molecule has 0 spiro atoms. The first kappa shape index (κ1) is 26.0. The minimum atomic E-state index is -3.51. The summed E-state index contributed by atoms with van der Waals surface area (Å²) >= 11 is 1.45. The number of ketones is 1. The van der Waals surface area contributed by atoms with Gasteiger partial charge < -0.3 is 15.6 Å². The summed E-state index contributed by atoms with van der Waals surface area (Å²) in [6.07, 6.45) is 3.08. The lowest BCUT2D eigenvalue weighted by Gasteiger charge is -2.33. The zero-order chi connectivity index (χ0) is 25.6. The van der Waals surface area contributed by atoms with Gasteiger partial charge in [0.2, 0.25) is 0 Å². The summed E-state index contributed by atoms with van der Waals surface area (Å²) in [4.78, 5) is 33.3. The van der Waals surface area contributed by atoms with Gasteiger partial charge in [-0.1, -0.05) is 6.07 Å². The Morgan fingerprint density at radius 3 is 2.66 bits per heavy atom. The van der Waals surface area contributed by atoms with Gasteiger partial charge in [-0.25, -0.2) is 18.2 Å². The zero-order valence-electron chi connectivity index (χ0n) is 18.5. The topological polar surface area (TPSA) is 128 Å². The van der Waals surface area contributed by atoms with Crippen LogP contribution in [-0.2, 0) is 21.5 Å². The van der Waals surface area contributed by atoms with Crippen molar-refractivity contribution in [3.05, 3.63) is 70.7 Å². The van der Waals surface area contributed by atoms with Gasteiger partial charge in [0.1, 0.15) is 35.6 Å². The largest absolute Gasteiger partial charge is 0.483 e. The first-order valence-corrected chi connectivity index (χ1v) is 11.0. The summed E-state index contributed by atoms with van der Waals surface area (Å²) in [6, 6.07) is 6.97. The highest BCUT2D eigenvalue weighted by atomic mass is 32.1. The Morgan fingerprint density at radius 1 is 1.29 bits per heavy atom. The van der Waals surface area contributed by atoms with E-state index in [-0.39, 0.29) is 42.4 Å². The molecule has 184 valence electrons. The molecule has 3 aromatic rings.